The number of anilines is 2. The quantitative estimate of drug-likeness (QED) is 0.0757. The van der Waals surface area contributed by atoms with Gasteiger partial charge in [-0.1, -0.05) is 54.1 Å². The summed E-state index contributed by atoms with van der Waals surface area (Å²) in [5.41, 5.74) is 2.40. The minimum Gasteiger partial charge on any atom is -0.325 e. The maximum absolute atomic E-state index is 13.3. The van der Waals surface area contributed by atoms with Crippen molar-refractivity contribution in [3.63, 3.8) is 0 Å². The van der Waals surface area contributed by atoms with Gasteiger partial charge < -0.3 is 16.0 Å². The molecule has 1 unspecified atom stereocenters. The second kappa shape index (κ2) is 14.3. The largest absolute Gasteiger partial charge is 0.325 e. The first kappa shape index (κ1) is 31.0. The fourth-order valence-electron chi connectivity index (χ4n) is 3.86. The summed E-state index contributed by atoms with van der Waals surface area (Å²) in [4.78, 5) is 50.3. The van der Waals surface area contributed by atoms with Crippen molar-refractivity contribution in [3.05, 3.63) is 135 Å². The van der Waals surface area contributed by atoms with Crippen LogP contribution in [0.3, 0.4) is 0 Å². The second-order valence-corrected chi connectivity index (χ2v) is 11.2. The Morgan fingerprint density at radius 3 is 2.26 bits per heavy atom. The van der Waals surface area contributed by atoms with E-state index in [9.17, 15) is 24.5 Å². The molecule has 4 aromatic rings. The van der Waals surface area contributed by atoms with Crippen molar-refractivity contribution in [2.45, 2.75) is 24.0 Å². The molecule has 3 amide bonds. The molecule has 43 heavy (non-hydrogen) atoms. The number of nitro benzene ring substituents is 1. The van der Waals surface area contributed by atoms with E-state index in [0.717, 1.165) is 4.90 Å². The van der Waals surface area contributed by atoms with Gasteiger partial charge in [0.05, 0.1) is 15.9 Å². The highest BCUT2D eigenvalue weighted by molar-refractivity contribution is 8.00. The minimum atomic E-state index is -0.551. The summed E-state index contributed by atoms with van der Waals surface area (Å²) in [6.07, 6.45) is 1.51. The molecular weight excluding hydrogens is 588 g/mol. The van der Waals surface area contributed by atoms with Gasteiger partial charge in [0.25, 0.3) is 17.5 Å². The highest BCUT2D eigenvalue weighted by Crippen LogP contribution is 2.28. The Morgan fingerprint density at radius 1 is 0.907 bits per heavy atom. The van der Waals surface area contributed by atoms with Crippen LogP contribution in [0.15, 0.2) is 108 Å². The summed E-state index contributed by atoms with van der Waals surface area (Å²) in [5, 5.41) is 19.2. The number of aryl methyl sites for hydroxylation is 1. The Bertz CT molecular complexity index is 1690. The first-order chi connectivity index (χ1) is 20.6. The van der Waals surface area contributed by atoms with Crippen molar-refractivity contribution < 1.29 is 19.3 Å². The summed E-state index contributed by atoms with van der Waals surface area (Å²) in [6.45, 7) is 3.48. The monoisotopic (exact) mass is 614 g/mol. The van der Waals surface area contributed by atoms with E-state index in [4.69, 9.17) is 11.6 Å². The van der Waals surface area contributed by atoms with Crippen LogP contribution in [0.4, 0.5) is 17.1 Å². The molecule has 4 aromatic carbocycles. The average molecular weight is 615 g/mol. The normalized spacial score (nSPS) is 11.7. The van der Waals surface area contributed by atoms with Crippen molar-refractivity contribution in [1.82, 2.24) is 5.32 Å². The number of benzene rings is 4. The number of nitrogens with zero attached hydrogens (tertiary/aromatic N) is 1. The Balaban J connectivity index is 1.43. The van der Waals surface area contributed by atoms with E-state index in [1.807, 2.05) is 0 Å². The van der Waals surface area contributed by atoms with Gasteiger partial charge in [-0.25, -0.2) is 0 Å². The van der Waals surface area contributed by atoms with E-state index in [2.05, 4.69) is 16.0 Å². The first-order valence-corrected chi connectivity index (χ1v) is 14.3. The minimum absolute atomic E-state index is 0.00198. The first-order valence-electron chi connectivity index (χ1n) is 13.1. The number of nitrogens with one attached hydrogen (secondary N) is 3. The molecule has 9 nitrogen and oxygen atoms in total. The summed E-state index contributed by atoms with van der Waals surface area (Å²) in [7, 11) is 0. The number of thioether (sulfide) groups is 1. The van der Waals surface area contributed by atoms with Crippen LogP contribution in [0.5, 0.6) is 0 Å². The van der Waals surface area contributed by atoms with E-state index in [1.165, 1.54) is 30.0 Å². The number of hydrogen-bond donors (Lipinski definition) is 3. The van der Waals surface area contributed by atoms with E-state index in [0.29, 0.717) is 33.1 Å². The zero-order chi connectivity index (χ0) is 30.9. The fraction of sp³-hybridized carbons (Fsp3) is 0.0938. The van der Waals surface area contributed by atoms with E-state index < -0.39 is 22.0 Å². The molecule has 3 N–H and O–H groups in total. The summed E-state index contributed by atoms with van der Waals surface area (Å²) in [6, 6.07) is 26.7. The lowest BCUT2D eigenvalue weighted by Crippen LogP contribution is -2.30. The summed E-state index contributed by atoms with van der Waals surface area (Å²) in [5.74, 6) is -1.31. The zero-order valence-electron chi connectivity index (χ0n) is 23.2. The van der Waals surface area contributed by atoms with E-state index in [-0.39, 0.29) is 17.3 Å². The molecule has 0 aliphatic rings. The average Bonchev–Trinajstić information content (AvgIpc) is 3.00. The number of amides is 3. The van der Waals surface area contributed by atoms with Gasteiger partial charge in [0, 0.05) is 33.3 Å². The maximum Gasteiger partial charge on any atom is 0.272 e. The molecule has 4 rings (SSSR count). The molecule has 0 fully saturated rings. The van der Waals surface area contributed by atoms with Crippen LogP contribution >= 0.6 is 23.4 Å². The lowest BCUT2D eigenvalue weighted by molar-refractivity contribution is -0.384. The number of carbonyl (C=O) groups is 3. The molecule has 0 heterocycles. The molecule has 0 aromatic heterocycles. The standard InChI is InChI=1S/C32H27ClN4O5S/c1-20-12-15-25(37(41)42)19-28(20)35-30(38)21(2)43-26-16-13-24(14-17-26)34-32(40)29(18-23-10-6-7-11-27(23)33)36-31(39)22-8-4-3-5-9-22/h3-19,21H,1-2H3,(H,34,40)(H,35,38)(H,36,39)/b29-18-. The van der Waals surface area contributed by atoms with Gasteiger partial charge in [0.15, 0.2) is 0 Å². The third kappa shape index (κ3) is 8.54. The smallest absolute Gasteiger partial charge is 0.272 e. The molecule has 0 bridgehead atoms. The Kier molecular flexibility index (Phi) is 10.3. The molecule has 218 valence electrons. The molecule has 0 aliphatic carbocycles. The topological polar surface area (TPSA) is 130 Å². The van der Waals surface area contributed by atoms with Gasteiger partial charge in [-0.2, -0.15) is 0 Å². The molecule has 0 radical (unpaired) electrons. The van der Waals surface area contributed by atoms with Crippen LogP contribution in [0, 0.1) is 17.0 Å². The molecule has 0 saturated heterocycles. The Labute approximate surface area is 257 Å². The molecule has 11 heteroatoms. The maximum atomic E-state index is 13.3. The van der Waals surface area contributed by atoms with Gasteiger partial charge in [0.1, 0.15) is 5.70 Å². The van der Waals surface area contributed by atoms with Crippen molar-refractivity contribution in [3.8, 4) is 0 Å². The Hall–Kier alpha value is -4.93. The van der Waals surface area contributed by atoms with Crippen LogP contribution < -0.4 is 16.0 Å². The molecule has 0 spiro atoms. The van der Waals surface area contributed by atoms with Crippen LogP contribution in [-0.2, 0) is 9.59 Å². The predicted octanol–water partition coefficient (Wildman–Crippen LogP) is 7.09. The van der Waals surface area contributed by atoms with E-state index in [1.54, 1.807) is 98.8 Å². The second-order valence-electron chi connectivity index (χ2n) is 9.38. The van der Waals surface area contributed by atoms with Gasteiger partial charge in [-0.05, 0) is 73.5 Å². The van der Waals surface area contributed by atoms with Gasteiger partial charge in [-0.3, -0.25) is 24.5 Å². The van der Waals surface area contributed by atoms with Crippen LogP contribution in [-0.4, -0.2) is 27.9 Å². The summed E-state index contributed by atoms with van der Waals surface area (Å²) < 4.78 is 0. The molecular formula is C32H27ClN4O5S. The number of non-ortho nitro benzene ring substituents is 1. The fourth-order valence-corrected chi connectivity index (χ4v) is 4.91. The number of halogens is 1. The predicted molar refractivity (Wildman–Crippen MR) is 170 cm³/mol. The van der Waals surface area contributed by atoms with Crippen molar-refractivity contribution >= 4 is 64.2 Å². The number of nitro groups is 1. The van der Waals surface area contributed by atoms with Crippen molar-refractivity contribution in [2.75, 3.05) is 10.6 Å². The SMILES string of the molecule is Cc1ccc([N+](=O)[O-])cc1NC(=O)C(C)Sc1ccc(NC(=O)/C(=C/c2ccccc2Cl)NC(=O)c2ccccc2)cc1. The number of hydrogen-bond acceptors (Lipinski definition) is 6. The molecule has 0 saturated carbocycles. The molecule has 0 aliphatic heterocycles. The lowest BCUT2D eigenvalue weighted by Gasteiger charge is -2.14. The zero-order valence-corrected chi connectivity index (χ0v) is 24.7. The van der Waals surface area contributed by atoms with Gasteiger partial charge in [-0.15, -0.1) is 11.8 Å². The van der Waals surface area contributed by atoms with Gasteiger partial charge in [0.2, 0.25) is 5.91 Å². The third-order valence-corrected chi connectivity index (χ3v) is 7.67. The summed E-state index contributed by atoms with van der Waals surface area (Å²) >= 11 is 7.58. The number of carbonyl (C=O) groups excluding carboxylic acids is 3. The van der Waals surface area contributed by atoms with E-state index >= 15 is 0 Å². The Morgan fingerprint density at radius 2 is 1.58 bits per heavy atom. The van der Waals surface area contributed by atoms with Crippen molar-refractivity contribution in [2.24, 2.45) is 0 Å². The van der Waals surface area contributed by atoms with Crippen LogP contribution in [0.1, 0.15) is 28.4 Å². The lowest BCUT2D eigenvalue weighted by atomic mass is 10.1. The van der Waals surface area contributed by atoms with Crippen LogP contribution in [0.2, 0.25) is 5.02 Å². The number of rotatable bonds is 10. The van der Waals surface area contributed by atoms with Crippen molar-refractivity contribution in [1.29, 1.82) is 0 Å². The molecule has 1 atom stereocenters. The highest BCUT2D eigenvalue weighted by atomic mass is 35.5. The van der Waals surface area contributed by atoms with Gasteiger partial charge >= 0.3 is 0 Å². The third-order valence-electron chi connectivity index (χ3n) is 6.22. The van der Waals surface area contributed by atoms with Crippen LogP contribution in [0.25, 0.3) is 6.08 Å². The highest BCUT2D eigenvalue weighted by Gasteiger charge is 2.19.